The molecule has 19 heavy (non-hydrogen) atoms. The Morgan fingerprint density at radius 3 is 2.32 bits per heavy atom. The number of hydrogen-bond donors (Lipinski definition) is 3. The molecule has 0 radical (unpaired) electrons. The smallest absolute Gasteiger partial charge is 0.335 e. The molecular weight excluding hydrogens is 268 g/mol. The van der Waals surface area contributed by atoms with Crippen LogP contribution in [-0.2, 0) is 4.79 Å². The second-order valence-corrected chi connectivity index (χ2v) is 5.04. The molecule has 1 aromatic carbocycles. The number of thioether (sulfide) groups is 1. The van der Waals surface area contributed by atoms with Gasteiger partial charge in [-0.3, -0.25) is 4.79 Å². The number of phenols is 2. The lowest BCUT2D eigenvalue weighted by atomic mass is 10.1. The lowest BCUT2D eigenvalue weighted by Crippen LogP contribution is -1.96. The predicted octanol–water partition coefficient (Wildman–Crippen LogP) is 2.48. The highest BCUT2D eigenvalue weighted by Gasteiger charge is 2.11. The van der Waals surface area contributed by atoms with Gasteiger partial charge in [0.15, 0.2) is 5.12 Å². The third-order valence-electron chi connectivity index (χ3n) is 2.26. The Hall–Kier alpha value is -1.95. The molecule has 1 rings (SSSR count). The summed E-state index contributed by atoms with van der Waals surface area (Å²) < 4.78 is 0. The van der Waals surface area contributed by atoms with Crippen molar-refractivity contribution in [3.8, 4) is 11.5 Å². The van der Waals surface area contributed by atoms with Crippen molar-refractivity contribution >= 4 is 28.9 Å². The van der Waals surface area contributed by atoms with Crippen LogP contribution in [0.3, 0.4) is 0 Å². The van der Waals surface area contributed by atoms with E-state index in [9.17, 15) is 19.8 Å². The summed E-state index contributed by atoms with van der Waals surface area (Å²) in [4.78, 5) is 21.4. The molecule has 1 aromatic rings. The van der Waals surface area contributed by atoms with Crippen LogP contribution in [0.5, 0.6) is 11.5 Å². The average Bonchev–Trinajstić information content (AvgIpc) is 2.30. The molecule has 0 unspecified atom stereocenters. The number of allylic oxidation sites excluding steroid dienone is 1. The van der Waals surface area contributed by atoms with Gasteiger partial charge in [-0.15, -0.1) is 0 Å². The van der Waals surface area contributed by atoms with Crippen LogP contribution in [-0.4, -0.2) is 32.2 Å². The number of benzene rings is 1. The summed E-state index contributed by atoms with van der Waals surface area (Å²) in [7, 11) is 0. The van der Waals surface area contributed by atoms with Crippen molar-refractivity contribution in [3.63, 3.8) is 0 Å². The lowest BCUT2D eigenvalue weighted by Gasteiger charge is -2.04. The van der Waals surface area contributed by atoms with Crippen molar-refractivity contribution in [2.24, 2.45) is 0 Å². The van der Waals surface area contributed by atoms with Gasteiger partial charge in [0.1, 0.15) is 11.5 Å². The number of carboxylic acid groups (broad SMARTS) is 1. The maximum Gasteiger partial charge on any atom is 0.335 e. The Balaban J connectivity index is 2.76. The Morgan fingerprint density at radius 2 is 1.84 bits per heavy atom. The van der Waals surface area contributed by atoms with Crippen LogP contribution >= 0.6 is 11.8 Å². The summed E-state index contributed by atoms with van der Waals surface area (Å²) in [5.41, 5.74) is -0.0166. The molecule has 0 saturated carbocycles. The van der Waals surface area contributed by atoms with Crippen molar-refractivity contribution in [2.45, 2.75) is 13.3 Å². The van der Waals surface area contributed by atoms with Gasteiger partial charge in [0.2, 0.25) is 0 Å². The number of phenolic OH excluding ortho intramolecular Hbond substituents is 2. The number of aromatic hydroxyl groups is 2. The van der Waals surface area contributed by atoms with E-state index < -0.39 is 5.97 Å². The number of carboxylic acids is 1. The van der Waals surface area contributed by atoms with Crippen LogP contribution < -0.4 is 0 Å². The van der Waals surface area contributed by atoms with Crippen LogP contribution in [0.25, 0.3) is 6.08 Å². The molecule has 0 fully saturated rings. The van der Waals surface area contributed by atoms with Crippen LogP contribution in [0, 0.1) is 0 Å². The minimum absolute atomic E-state index is 0.0323. The third-order valence-corrected chi connectivity index (χ3v) is 3.10. The Bertz CT molecular complexity index is 499. The van der Waals surface area contributed by atoms with E-state index in [1.165, 1.54) is 24.8 Å². The third kappa shape index (κ3) is 4.67. The molecule has 6 heteroatoms. The van der Waals surface area contributed by atoms with Crippen molar-refractivity contribution in [2.75, 3.05) is 5.75 Å². The van der Waals surface area contributed by atoms with Gasteiger partial charge in [0, 0.05) is 12.7 Å². The molecule has 0 heterocycles. The van der Waals surface area contributed by atoms with E-state index in [1.54, 1.807) is 6.08 Å². The maximum atomic E-state index is 10.7. The zero-order valence-electron chi connectivity index (χ0n) is 10.3. The van der Waals surface area contributed by atoms with Crippen LogP contribution in [0.4, 0.5) is 0 Å². The molecule has 0 aliphatic carbocycles. The fraction of sp³-hybridized carbons (Fsp3) is 0.231. The molecule has 0 atom stereocenters. The minimum atomic E-state index is -1.22. The summed E-state index contributed by atoms with van der Waals surface area (Å²) in [5, 5.41) is 28.0. The predicted molar refractivity (Wildman–Crippen MR) is 73.5 cm³/mol. The summed E-state index contributed by atoms with van der Waals surface area (Å²) >= 11 is 1.19. The first-order valence-corrected chi connectivity index (χ1v) is 6.49. The quantitative estimate of drug-likeness (QED) is 0.718. The second-order valence-electron chi connectivity index (χ2n) is 3.76. The topological polar surface area (TPSA) is 94.8 Å². The number of rotatable bonds is 5. The summed E-state index contributed by atoms with van der Waals surface area (Å²) in [6, 6.07) is 2.15. The molecule has 0 amide bonds. The highest BCUT2D eigenvalue weighted by atomic mass is 32.2. The van der Waals surface area contributed by atoms with Gasteiger partial charge in [-0.1, -0.05) is 23.9 Å². The maximum absolute atomic E-state index is 10.7. The summed E-state index contributed by atoms with van der Waals surface area (Å²) in [6.45, 7) is 1.48. The van der Waals surface area contributed by atoms with E-state index in [0.29, 0.717) is 12.2 Å². The van der Waals surface area contributed by atoms with Crippen LogP contribution in [0.1, 0.15) is 29.3 Å². The van der Waals surface area contributed by atoms with Gasteiger partial charge in [0.05, 0.1) is 11.1 Å². The monoisotopic (exact) mass is 282 g/mol. The van der Waals surface area contributed by atoms with Gasteiger partial charge in [-0.2, -0.15) is 0 Å². The Labute approximate surface area is 114 Å². The fourth-order valence-electron chi connectivity index (χ4n) is 1.39. The zero-order chi connectivity index (χ0) is 14.4. The Kier molecular flexibility index (Phi) is 5.44. The number of hydrogen-bond acceptors (Lipinski definition) is 5. The molecule has 0 bridgehead atoms. The van der Waals surface area contributed by atoms with E-state index in [1.807, 2.05) is 0 Å². The number of aromatic carboxylic acids is 1. The van der Waals surface area contributed by atoms with E-state index in [4.69, 9.17) is 5.11 Å². The zero-order valence-corrected chi connectivity index (χ0v) is 11.1. The first-order valence-electron chi connectivity index (χ1n) is 5.51. The molecule has 5 nitrogen and oxygen atoms in total. The van der Waals surface area contributed by atoms with E-state index in [0.717, 1.165) is 12.1 Å². The molecular formula is C13H14O5S. The number of carbonyl (C=O) groups excluding carboxylic acids is 1. The molecule has 102 valence electrons. The molecule has 0 aliphatic heterocycles. The second kappa shape index (κ2) is 6.84. The van der Waals surface area contributed by atoms with Crippen molar-refractivity contribution in [1.29, 1.82) is 0 Å². The molecule has 0 aromatic heterocycles. The fourth-order valence-corrected chi connectivity index (χ4v) is 1.93. The first-order chi connectivity index (χ1) is 8.91. The van der Waals surface area contributed by atoms with E-state index in [2.05, 4.69) is 0 Å². The largest absolute Gasteiger partial charge is 0.507 e. The molecule has 3 N–H and O–H groups in total. The van der Waals surface area contributed by atoms with Crippen LogP contribution in [0.2, 0.25) is 0 Å². The normalized spacial score (nSPS) is 10.8. The Morgan fingerprint density at radius 1 is 1.26 bits per heavy atom. The van der Waals surface area contributed by atoms with Crippen molar-refractivity contribution in [1.82, 2.24) is 0 Å². The van der Waals surface area contributed by atoms with Gasteiger partial charge in [-0.05, 0) is 18.6 Å². The van der Waals surface area contributed by atoms with E-state index in [-0.39, 0.29) is 27.7 Å². The van der Waals surface area contributed by atoms with Crippen molar-refractivity contribution in [3.05, 3.63) is 29.3 Å². The molecule has 0 saturated heterocycles. The average molecular weight is 282 g/mol. The minimum Gasteiger partial charge on any atom is -0.507 e. The van der Waals surface area contributed by atoms with Gasteiger partial charge >= 0.3 is 5.97 Å². The summed E-state index contributed by atoms with van der Waals surface area (Å²) in [6.07, 6.45) is 3.80. The highest BCUT2D eigenvalue weighted by Crippen LogP contribution is 2.30. The van der Waals surface area contributed by atoms with Gasteiger partial charge < -0.3 is 15.3 Å². The lowest BCUT2D eigenvalue weighted by molar-refractivity contribution is -0.109. The van der Waals surface area contributed by atoms with Gasteiger partial charge in [0.25, 0.3) is 0 Å². The SMILES string of the molecule is CC(=O)SCCC=Cc1c(O)cc(C(=O)O)cc1O. The summed E-state index contributed by atoms with van der Waals surface area (Å²) in [5.74, 6) is -1.21. The first kappa shape index (κ1) is 15.1. The standard InChI is InChI=1S/C13H14O5S/c1-8(14)19-5-3-2-4-10-11(15)6-9(13(17)18)7-12(10)16/h2,4,6-7,15-16H,3,5H2,1H3,(H,17,18). The van der Waals surface area contributed by atoms with Gasteiger partial charge in [-0.25, -0.2) is 4.79 Å². The van der Waals surface area contributed by atoms with E-state index >= 15 is 0 Å². The highest BCUT2D eigenvalue weighted by molar-refractivity contribution is 8.13. The van der Waals surface area contributed by atoms with Crippen LogP contribution in [0.15, 0.2) is 18.2 Å². The number of carbonyl (C=O) groups is 2. The molecule has 0 aliphatic rings. The van der Waals surface area contributed by atoms with Crippen molar-refractivity contribution < 1.29 is 24.9 Å². The molecule has 0 spiro atoms.